The van der Waals surface area contributed by atoms with E-state index in [0.29, 0.717) is 0 Å². The van der Waals surface area contributed by atoms with Crippen molar-refractivity contribution in [1.82, 2.24) is 18.7 Å². The van der Waals surface area contributed by atoms with Gasteiger partial charge in [-0.3, -0.25) is 13.9 Å². The summed E-state index contributed by atoms with van der Waals surface area (Å²) in [5.41, 5.74) is -10.8. The molecule has 0 saturated heterocycles. The second-order valence-electron chi connectivity index (χ2n) is 4.41. The lowest BCUT2D eigenvalue weighted by molar-refractivity contribution is 0.0903. The molecule has 7 nitrogen and oxygen atoms in total. The number of imidazole rings is 1. The summed E-state index contributed by atoms with van der Waals surface area (Å²) in [5.74, 6) is 0. The summed E-state index contributed by atoms with van der Waals surface area (Å²) < 4.78 is 153. The van der Waals surface area contributed by atoms with Crippen molar-refractivity contribution in [2.24, 2.45) is 6.98 Å². The number of ether oxygens (including phenoxy) is 1. The number of fused-ring (bicyclic) bond motifs is 1. The molecule has 2 heterocycles. The molecule has 0 unspecified atom stereocenters. The smallest absolute Gasteiger partial charge is 0.332 e. The van der Waals surface area contributed by atoms with Gasteiger partial charge in [-0.2, -0.15) is 0 Å². The van der Waals surface area contributed by atoms with Crippen LogP contribution in [0.15, 0.2) is 15.9 Å². The largest absolute Gasteiger partial charge is 0.361 e. The molecular formula is C16H25FN4O3. The number of halogens is 1. The molecule has 0 fully saturated rings. The van der Waals surface area contributed by atoms with E-state index in [0.717, 1.165) is 10.9 Å². The Hall–Kier alpha value is -1.96. The Morgan fingerprint density at radius 3 is 2.88 bits per heavy atom. The van der Waals surface area contributed by atoms with Gasteiger partial charge in [0.25, 0.3) is 5.56 Å². The van der Waals surface area contributed by atoms with E-state index >= 15 is 4.39 Å². The van der Waals surface area contributed by atoms with Crippen molar-refractivity contribution in [3.63, 3.8) is 0 Å². The van der Waals surface area contributed by atoms with Gasteiger partial charge in [0.2, 0.25) is 0 Å². The van der Waals surface area contributed by atoms with Gasteiger partial charge in [-0.15, -0.1) is 0 Å². The third-order valence-corrected chi connectivity index (χ3v) is 2.72. The van der Waals surface area contributed by atoms with Gasteiger partial charge in [-0.1, -0.05) is 0 Å². The number of hydrogen-bond donors (Lipinski definition) is 0. The van der Waals surface area contributed by atoms with E-state index in [1.165, 1.54) is 6.92 Å². The van der Waals surface area contributed by atoms with Crippen LogP contribution in [0.1, 0.15) is 63.0 Å². The molecule has 8 heteroatoms. The first-order valence-corrected chi connectivity index (χ1v) is 6.50. The molecule has 0 spiro atoms. The van der Waals surface area contributed by atoms with Crippen molar-refractivity contribution in [3.8, 4) is 0 Å². The van der Waals surface area contributed by atoms with Crippen LogP contribution in [0.2, 0.25) is 0 Å². The molecule has 0 amide bonds. The van der Waals surface area contributed by atoms with Gasteiger partial charge in [0.1, 0.15) is 12.4 Å². The average molecular weight is 358 g/mol. The fourth-order valence-corrected chi connectivity index (χ4v) is 1.72. The quantitative estimate of drug-likeness (QED) is 0.722. The zero-order valence-electron chi connectivity index (χ0n) is 29.4. The monoisotopic (exact) mass is 357 g/mol. The van der Waals surface area contributed by atoms with Gasteiger partial charge < -0.3 is 9.30 Å². The van der Waals surface area contributed by atoms with E-state index in [9.17, 15) is 9.59 Å². The molecule has 2 aromatic heterocycles. The lowest BCUT2D eigenvalue weighted by Gasteiger charge is -2.14. The standard InChI is InChI=1S/C16H25FN4O3/c1-5-24-11-20-10-18-13-12(20)14(22)21(15(23)19(13)4)9-7-6-8-16(2,3)17/h10H,5-9,11H2,1-4H3/i2D3,3D3,4D3,6D2,7D2,8D2,9D2. The lowest BCUT2D eigenvalue weighted by atomic mass is 10.0. The molecule has 0 aliphatic heterocycles. The van der Waals surface area contributed by atoms with Crippen molar-refractivity contribution in [2.45, 2.75) is 58.6 Å². The first kappa shape index (κ1) is 6.09. The number of aryl methyl sites for hydroxylation is 1. The molecule has 0 aliphatic rings. The molecule has 134 valence electrons. The maximum atomic E-state index is 15.9. The third kappa shape index (κ3) is 3.92. The Morgan fingerprint density at radius 1 is 1.42 bits per heavy atom. The third-order valence-electron chi connectivity index (χ3n) is 2.72. The van der Waals surface area contributed by atoms with Crippen LogP contribution >= 0.6 is 0 Å². The van der Waals surface area contributed by atoms with Crippen LogP contribution in [-0.2, 0) is 24.9 Å². The molecule has 24 heavy (non-hydrogen) atoms. The lowest BCUT2D eigenvalue weighted by Crippen LogP contribution is -2.39. The maximum absolute atomic E-state index is 15.9. The van der Waals surface area contributed by atoms with E-state index < -0.39 is 85.7 Å². The fraction of sp³-hybridized carbons (Fsp3) is 0.688. The zero-order valence-corrected chi connectivity index (χ0v) is 12.4. The number of alkyl halides is 1. The summed E-state index contributed by atoms with van der Waals surface area (Å²) in [5, 5.41) is 0. The van der Waals surface area contributed by atoms with Crippen LogP contribution in [0.25, 0.3) is 11.2 Å². The summed E-state index contributed by atoms with van der Waals surface area (Å²) >= 11 is 0. The summed E-state index contributed by atoms with van der Waals surface area (Å²) in [4.78, 5) is 30.4. The summed E-state index contributed by atoms with van der Waals surface area (Å²) in [7, 11) is 0. The van der Waals surface area contributed by atoms with Crippen molar-refractivity contribution in [1.29, 1.82) is 0 Å². The molecule has 0 saturated carbocycles. The highest BCUT2D eigenvalue weighted by Crippen LogP contribution is 2.17. The maximum Gasteiger partial charge on any atom is 0.332 e. The molecule has 0 atom stereocenters. The van der Waals surface area contributed by atoms with Crippen LogP contribution < -0.4 is 11.2 Å². The van der Waals surface area contributed by atoms with Gasteiger partial charge in [-0.25, -0.2) is 14.2 Å². The molecule has 0 aromatic carbocycles. The topological polar surface area (TPSA) is 71.0 Å². The van der Waals surface area contributed by atoms with Crippen LogP contribution in [0.3, 0.4) is 0 Å². The highest BCUT2D eigenvalue weighted by molar-refractivity contribution is 5.69. The molecule has 2 aromatic rings. The summed E-state index contributed by atoms with van der Waals surface area (Å²) in [6, 6.07) is 0. The minimum Gasteiger partial charge on any atom is -0.361 e. The molecule has 0 bridgehead atoms. The number of hydrogen-bond acceptors (Lipinski definition) is 4. The van der Waals surface area contributed by atoms with Crippen molar-refractivity contribution in [2.75, 3.05) is 6.61 Å². The van der Waals surface area contributed by atoms with Crippen LogP contribution in [0.4, 0.5) is 4.39 Å². The highest BCUT2D eigenvalue weighted by Gasteiger charge is 2.17. The minimum absolute atomic E-state index is 0.0450. The molecule has 0 N–H and O–H groups in total. The summed E-state index contributed by atoms with van der Waals surface area (Å²) in [6.45, 7) is -15.8. The van der Waals surface area contributed by atoms with Gasteiger partial charge in [0, 0.05) is 40.6 Å². The van der Waals surface area contributed by atoms with Crippen LogP contribution in [-0.4, -0.2) is 31.0 Å². The predicted octanol–water partition coefficient (Wildman–Crippen LogP) is 1.81. The van der Waals surface area contributed by atoms with E-state index in [2.05, 4.69) is 4.98 Å². The molecule has 0 aliphatic carbocycles. The first-order valence-electron chi connectivity index (χ1n) is 15.0. The second-order valence-corrected chi connectivity index (χ2v) is 4.41. The molecule has 0 radical (unpaired) electrons. The average Bonchev–Trinajstić information content (AvgIpc) is 3.17. The molecular weight excluding hydrogens is 315 g/mol. The van der Waals surface area contributed by atoms with E-state index in [4.69, 9.17) is 28.0 Å². The molecule has 2 rings (SSSR count). The Bertz CT molecular complexity index is 1400. The zero-order chi connectivity index (χ0) is 32.6. The van der Waals surface area contributed by atoms with Gasteiger partial charge in [-0.05, 0) is 39.7 Å². The highest BCUT2D eigenvalue weighted by atomic mass is 19.1. The summed E-state index contributed by atoms with van der Waals surface area (Å²) in [6.07, 6.45) is -13.5. The Balaban J connectivity index is 3.07. The Kier molecular flexibility index (Phi) is 1.85. The van der Waals surface area contributed by atoms with Gasteiger partial charge >= 0.3 is 5.69 Å². The Morgan fingerprint density at radius 2 is 2.21 bits per heavy atom. The van der Waals surface area contributed by atoms with Crippen LogP contribution in [0.5, 0.6) is 0 Å². The van der Waals surface area contributed by atoms with E-state index in [1.807, 2.05) is 0 Å². The normalized spacial score (nSPS) is 26.7. The minimum atomic E-state index is -5.16. The SMILES string of the molecule is [2H]C([2H])([2H])n1c(=O)n(C([2H])([2H])C([2H])([2H])C([2H])([2H])C([2H])([2H])C(F)(C([2H])([2H])[2H])C([2H])([2H])[2H])c(=O)c2c1ncn2COCC. The second kappa shape index (κ2) is 7.29. The Labute approximate surface area is 163 Å². The van der Waals surface area contributed by atoms with Crippen molar-refractivity contribution in [3.05, 3.63) is 27.2 Å². The van der Waals surface area contributed by atoms with E-state index in [1.54, 1.807) is 0 Å². The predicted molar refractivity (Wildman–Crippen MR) is 89.9 cm³/mol. The fourth-order valence-electron chi connectivity index (χ4n) is 1.72. The van der Waals surface area contributed by atoms with Crippen LogP contribution in [0, 0.1) is 0 Å². The van der Waals surface area contributed by atoms with Gasteiger partial charge in [0.15, 0.2) is 11.2 Å². The van der Waals surface area contributed by atoms with Crippen molar-refractivity contribution < 1.29 is 32.4 Å². The van der Waals surface area contributed by atoms with Gasteiger partial charge in [0.05, 0.1) is 9.07 Å². The first-order chi connectivity index (χ1) is 18.0. The number of nitrogens with zero attached hydrogens (tertiary/aromatic N) is 4. The number of rotatable bonds is 8. The number of aromatic nitrogens is 4. The van der Waals surface area contributed by atoms with Crippen molar-refractivity contribution >= 4 is 11.2 Å². The van der Waals surface area contributed by atoms with E-state index in [-0.39, 0.29) is 11.2 Å².